The van der Waals surface area contributed by atoms with Gasteiger partial charge in [-0.15, -0.1) is 5.10 Å². The van der Waals surface area contributed by atoms with Crippen molar-refractivity contribution in [2.75, 3.05) is 6.61 Å². The summed E-state index contributed by atoms with van der Waals surface area (Å²) < 4.78 is 78.4. The summed E-state index contributed by atoms with van der Waals surface area (Å²) in [6.07, 6.45) is -2.41. The van der Waals surface area contributed by atoms with E-state index in [1.807, 2.05) is 0 Å². The van der Waals surface area contributed by atoms with E-state index >= 15 is 0 Å². The van der Waals surface area contributed by atoms with Crippen molar-refractivity contribution >= 4 is 29.7 Å². The molecule has 0 spiro atoms. The van der Waals surface area contributed by atoms with Gasteiger partial charge in [-0.3, -0.25) is 14.4 Å². The largest absolute Gasteiger partial charge is 0.463 e. The standard InChI is InChI=1S/C26H23F4N3O7S/c1-12(34)37-11-21-24(38-13(2)35)23(33-10-20(31-32-33)15-8-18(28)22(30)19(29)9-15)25(39-14(3)36)26(40-21)41-17-6-4-16(27)5-7-17/h4-10,21,23-26H,11H2,1-3H3/t21?,23?,24-,25?,26+/m0/s1. The Balaban J connectivity index is 1.81. The maximum atomic E-state index is 13.9. The summed E-state index contributed by atoms with van der Waals surface area (Å²) in [4.78, 5) is 36.5. The number of thioether (sulfide) groups is 1. The van der Waals surface area contributed by atoms with Crippen LogP contribution in [0.4, 0.5) is 17.6 Å². The first-order valence-corrected chi connectivity index (χ1v) is 12.9. The Bertz CT molecular complexity index is 1420. The number of halogens is 4. The van der Waals surface area contributed by atoms with Crippen LogP contribution < -0.4 is 0 Å². The van der Waals surface area contributed by atoms with Crippen molar-refractivity contribution in [3.05, 3.63) is 65.9 Å². The van der Waals surface area contributed by atoms with Gasteiger partial charge in [-0.25, -0.2) is 22.2 Å². The molecule has 1 aromatic heterocycles. The molecule has 1 aliphatic rings. The molecular formula is C26H23F4N3O7S. The molecule has 5 atom stereocenters. The minimum atomic E-state index is -1.66. The van der Waals surface area contributed by atoms with Crippen LogP contribution in [0.25, 0.3) is 11.3 Å². The fraction of sp³-hybridized carbons (Fsp3) is 0.346. The second kappa shape index (κ2) is 12.7. The Morgan fingerprint density at radius 1 is 0.927 bits per heavy atom. The molecule has 41 heavy (non-hydrogen) atoms. The van der Waals surface area contributed by atoms with Crippen molar-refractivity contribution in [2.24, 2.45) is 0 Å². The third-order valence-electron chi connectivity index (χ3n) is 5.83. The fourth-order valence-corrected chi connectivity index (χ4v) is 5.29. The minimum absolute atomic E-state index is 0.0864. The van der Waals surface area contributed by atoms with E-state index in [0.717, 1.165) is 49.3 Å². The zero-order valence-electron chi connectivity index (χ0n) is 21.8. The second-order valence-electron chi connectivity index (χ2n) is 8.89. The van der Waals surface area contributed by atoms with Crippen LogP contribution in [0.2, 0.25) is 0 Å². The highest BCUT2D eigenvalue weighted by Crippen LogP contribution is 2.41. The van der Waals surface area contributed by atoms with Gasteiger partial charge in [0.05, 0.1) is 6.20 Å². The van der Waals surface area contributed by atoms with Crippen molar-refractivity contribution in [3.63, 3.8) is 0 Å². The molecule has 2 heterocycles. The molecule has 10 nitrogen and oxygen atoms in total. The fourth-order valence-electron chi connectivity index (χ4n) is 4.18. The molecule has 1 fully saturated rings. The van der Waals surface area contributed by atoms with E-state index in [9.17, 15) is 31.9 Å². The van der Waals surface area contributed by atoms with E-state index in [1.165, 1.54) is 30.5 Å². The van der Waals surface area contributed by atoms with Crippen LogP contribution in [0.3, 0.4) is 0 Å². The molecule has 0 saturated carbocycles. The molecule has 0 aliphatic carbocycles. The maximum Gasteiger partial charge on any atom is 0.303 e. The monoisotopic (exact) mass is 597 g/mol. The first kappa shape index (κ1) is 30.0. The molecule has 1 aliphatic heterocycles. The lowest BCUT2D eigenvalue weighted by Gasteiger charge is -2.44. The van der Waals surface area contributed by atoms with Crippen LogP contribution in [-0.2, 0) is 33.3 Å². The summed E-state index contributed by atoms with van der Waals surface area (Å²) in [5.74, 6) is -7.20. The van der Waals surface area contributed by atoms with E-state index in [-0.39, 0.29) is 17.9 Å². The topological polar surface area (TPSA) is 119 Å². The lowest BCUT2D eigenvalue weighted by atomic mass is 9.96. The number of carbonyl (C=O) groups excluding carboxylic acids is 3. The van der Waals surface area contributed by atoms with Crippen LogP contribution in [0, 0.1) is 23.3 Å². The minimum Gasteiger partial charge on any atom is -0.463 e. The summed E-state index contributed by atoms with van der Waals surface area (Å²) in [5.41, 5.74) is -1.28. The van der Waals surface area contributed by atoms with Crippen LogP contribution in [0.5, 0.6) is 0 Å². The highest BCUT2D eigenvalue weighted by Gasteiger charge is 2.52. The lowest BCUT2D eigenvalue weighted by Crippen LogP contribution is -2.57. The molecule has 4 rings (SSSR count). The predicted molar refractivity (Wildman–Crippen MR) is 133 cm³/mol. The van der Waals surface area contributed by atoms with Crippen molar-refractivity contribution < 1.29 is 50.9 Å². The van der Waals surface area contributed by atoms with Crippen LogP contribution in [-0.4, -0.2) is 63.3 Å². The first-order chi connectivity index (χ1) is 19.4. The van der Waals surface area contributed by atoms with E-state index < -0.39 is 71.0 Å². The van der Waals surface area contributed by atoms with Gasteiger partial charge >= 0.3 is 17.9 Å². The zero-order valence-corrected chi connectivity index (χ0v) is 22.6. The van der Waals surface area contributed by atoms with Crippen molar-refractivity contribution in [2.45, 2.75) is 55.5 Å². The summed E-state index contributed by atoms with van der Waals surface area (Å²) in [6.45, 7) is 3.04. The molecular weight excluding hydrogens is 574 g/mol. The van der Waals surface area contributed by atoms with Gasteiger partial charge in [0.25, 0.3) is 0 Å². The van der Waals surface area contributed by atoms with Gasteiger partial charge in [-0.2, -0.15) is 0 Å². The number of hydrogen-bond acceptors (Lipinski definition) is 10. The molecule has 0 amide bonds. The van der Waals surface area contributed by atoms with Gasteiger partial charge < -0.3 is 18.9 Å². The average molecular weight is 598 g/mol. The first-order valence-electron chi connectivity index (χ1n) is 12.0. The predicted octanol–water partition coefficient (Wildman–Crippen LogP) is 3.99. The molecule has 1 saturated heterocycles. The quantitative estimate of drug-likeness (QED) is 0.163. The van der Waals surface area contributed by atoms with E-state index in [2.05, 4.69) is 10.3 Å². The third-order valence-corrected chi connectivity index (χ3v) is 6.99. The second-order valence-corrected chi connectivity index (χ2v) is 10.1. The van der Waals surface area contributed by atoms with Gasteiger partial charge in [-0.1, -0.05) is 17.0 Å². The van der Waals surface area contributed by atoms with Gasteiger partial charge in [-0.05, 0) is 36.4 Å². The SMILES string of the molecule is CC(=O)OCC1O[C@H](Sc2ccc(F)cc2)C(OC(C)=O)C(n2cc(-c3cc(F)c(F)c(F)c3)nn2)[C@H]1OC(C)=O. The molecule has 218 valence electrons. The van der Waals surface area contributed by atoms with Crippen molar-refractivity contribution in [1.29, 1.82) is 0 Å². The number of hydrogen-bond donors (Lipinski definition) is 0. The van der Waals surface area contributed by atoms with E-state index in [4.69, 9.17) is 18.9 Å². The molecule has 0 radical (unpaired) electrons. The third kappa shape index (κ3) is 7.21. The van der Waals surface area contributed by atoms with Gasteiger partial charge in [0.1, 0.15) is 35.7 Å². The Morgan fingerprint density at radius 2 is 1.54 bits per heavy atom. The molecule has 0 bridgehead atoms. The Kier molecular flexibility index (Phi) is 9.28. The normalized spacial score (nSPS) is 22.2. The zero-order chi connectivity index (χ0) is 29.8. The van der Waals surface area contributed by atoms with Crippen molar-refractivity contribution in [1.82, 2.24) is 15.0 Å². The number of benzene rings is 2. The average Bonchev–Trinajstić information content (AvgIpc) is 3.38. The number of carbonyl (C=O) groups is 3. The molecule has 3 aromatic rings. The summed E-state index contributed by atoms with van der Waals surface area (Å²) in [7, 11) is 0. The molecule has 3 unspecified atom stereocenters. The Hall–Kier alpha value is -3.98. The van der Waals surface area contributed by atoms with E-state index in [1.54, 1.807) is 0 Å². The Labute approximate surface area is 234 Å². The van der Waals surface area contributed by atoms with Crippen molar-refractivity contribution in [3.8, 4) is 11.3 Å². The molecule has 2 aromatic carbocycles. The number of rotatable bonds is 8. The summed E-state index contributed by atoms with van der Waals surface area (Å²) >= 11 is 1.04. The van der Waals surface area contributed by atoms with E-state index in [0.29, 0.717) is 4.90 Å². The number of esters is 3. The Morgan fingerprint density at radius 3 is 2.12 bits per heavy atom. The van der Waals surface area contributed by atoms with Crippen LogP contribution >= 0.6 is 11.8 Å². The number of ether oxygens (including phenoxy) is 4. The highest BCUT2D eigenvalue weighted by atomic mass is 32.2. The van der Waals surface area contributed by atoms with Gasteiger partial charge in [0.15, 0.2) is 29.7 Å². The van der Waals surface area contributed by atoms with Crippen LogP contribution in [0.15, 0.2) is 47.5 Å². The highest BCUT2D eigenvalue weighted by molar-refractivity contribution is 7.99. The number of nitrogens with zero attached hydrogens (tertiary/aromatic N) is 3. The maximum absolute atomic E-state index is 13.9. The summed E-state index contributed by atoms with van der Waals surface area (Å²) in [6, 6.07) is 5.63. The smallest absolute Gasteiger partial charge is 0.303 e. The van der Waals surface area contributed by atoms with Crippen LogP contribution in [0.1, 0.15) is 26.8 Å². The lowest BCUT2D eigenvalue weighted by molar-refractivity contribution is -0.212. The summed E-state index contributed by atoms with van der Waals surface area (Å²) in [5, 5.41) is 7.94. The number of aromatic nitrogens is 3. The van der Waals surface area contributed by atoms with Gasteiger partial charge in [0.2, 0.25) is 0 Å². The molecule has 0 N–H and O–H groups in total. The van der Waals surface area contributed by atoms with Gasteiger partial charge in [0, 0.05) is 31.2 Å². The molecule has 15 heteroatoms.